The molecule has 2 unspecified atom stereocenters. The van der Waals surface area contributed by atoms with Gasteiger partial charge in [0.2, 0.25) is 5.91 Å². The van der Waals surface area contributed by atoms with Crippen LogP contribution in [0.1, 0.15) is 110 Å². The normalized spacial score (nSPS) is 14.4. The van der Waals surface area contributed by atoms with Crippen LogP contribution in [0.25, 0.3) is 0 Å². The van der Waals surface area contributed by atoms with Crippen molar-refractivity contribution < 1.29 is 15.0 Å². The monoisotopic (exact) mass is 513 g/mol. The highest BCUT2D eigenvalue weighted by Gasteiger charge is 2.19. The molecule has 0 radical (unpaired) electrons. The van der Waals surface area contributed by atoms with Crippen LogP contribution in [0.2, 0.25) is 0 Å². The Kier molecular flexibility index (Phi) is 26.7. The zero-order valence-corrected chi connectivity index (χ0v) is 23.7. The lowest BCUT2D eigenvalue weighted by molar-refractivity contribution is -0.123. The molecule has 2 atom stereocenters. The van der Waals surface area contributed by atoms with Crippen molar-refractivity contribution >= 4 is 5.91 Å². The van der Waals surface area contributed by atoms with Crippen molar-refractivity contribution in [1.29, 1.82) is 0 Å². The summed E-state index contributed by atoms with van der Waals surface area (Å²) in [6.07, 6.45) is 39.7. The maximum atomic E-state index is 12.1. The summed E-state index contributed by atoms with van der Waals surface area (Å²) >= 11 is 0. The topological polar surface area (TPSA) is 69.6 Å². The fourth-order valence-electron chi connectivity index (χ4n) is 3.73. The molecule has 4 heteroatoms. The molecule has 0 rings (SSSR count). The molecule has 0 aromatic carbocycles. The average Bonchev–Trinajstić information content (AvgIpc) is 2.90. The first-order valence-corrected chi connectivity index (χ1v) is 14.6. The van der Waals surface area contributed by atoms with E-state index in [1.807, 2.05) is 6.08 Å². The Labute approximate surface area is 228 Å². The minimum atomic E-state index is -0.689. The number of amides is 1. The number of aliphatic hydroxyl groups is 2. The van der Waals surface area contributed by atoms with Crippen LogP contribution in [0.3, 0.4) is 0 Å². The van der Waals surface area contributed by atoms with Crippen molar-refractivity contribution in [3.05, 3.63) is 72.9 Å². The molecule has 0 bridgehead atoms. The number of carbonyl (C=O) groups excluding carboxylic acids is 1. The molecule has 0 aliphatic carbocycles. The SMILES string of the molecule is CC/C=C\C/C=C\C/C=C\C/C=C\C/C=C\C/C=C\CCC(=O)NC(CO)C(O)CCCCCCCC. The van der Waals surface area contributed by atoms with Crippen molar-refractivity contribution in [2.24, 2.45) is 0 Å². The third-order valence-corrected chi connectivity index (χ3v) is 6.00. The van der Waals surface area contributed by atoms with Crippen LogP contribution in [0.4, 0.5) is 0 Å². The first kappa shape index (κ1) is 34.8. The van der Waals surface area contributed by atoms with E-state index in [1.54, 1.807) is 0 Å². The second-order valence-electron chi connectivity index (χ2n) is 9.43. The second-order valence-corrected chi connectivity index (χ2v) is 9.43. The molecule has 0 heterocycles. The molecular formula is C33H55NO3. The van der Waals surface area contributed by atoms with Gasteiger partial charge in [0.15, 0.2) is 0 Å². The Hall–Kier alpha value is -2.17. The van der Waals surface area contributed by atoms with Gasteiger partial charge < -0.3 is 15.5 Å². The van der Waals surface area contributed by atoms with Crippen LogP contribution >= 0.6 is 0 Å². The number of aliphatic hydroxyl groups excluding tert-OH is 2. The summed E-state index contributed by atoms with van der Waals surface area (Å²) in [5.41, 5.74) is 0. The Morgan fingerprint density at radius 2 is 1.14 bits per heavy atom. The number of rotatable bonds is 24. The van der Waals surface area contributed by atoms with Crippen LogP contribution in [-0.4, -0.2) is 34.9 Å². The Morgan fingerprint density at radius 1 is 0.676 bits per heavy atom. The largest absolute Gasteiger partial charge is 0.394 e. The highest BCUT2D eigenvalue weighted by atomic mass is 16.3. The Bertz CT molecular complexity index is 688. The molecule has 210 valence electrons. The Balaban J connectivity index is 3.83. The van der Waals surface area contributed by atoms with Crippen LogP contribution in [0, 0.1) is 0 Å². The summed E-state index contributed by atoms with van der Waals surface area (Å²) in [4.78, 5) is 12.1. The van der Waals surface area contributed by atoms with E-state index in [0.717, 1.165) is 51.4 Å². The minimum Gasteiger partial charge on any atom is -0.394 e. The minimum absolute atomic E-state index is 0.124. The predicted molar refractivity (Wildman–Crippen MR) is 160 cm³/mol. The van der Waals surface area contributed by atoms with Gasteiger partial charge in [-0.25, -0.2) is 0 Å². The van der Waals surface area contributed by atoms with Gasteiger partial charge in [-0.2, -0.15) is 0 Å². The molecule has 37 heavy (non-hydrogen) atoms. The van der Waals surface area contributed by atoms with Crippen LogP contribution in [0.15, 0.2) is 72.9 Å². The summed E-state index contributed by atoms with van der Waals surface area (Å²) in [5, 5.41) is 22.6. The van der Waals surface area contributed by atoms with E-state index in [4.69, 9.17) is 0 Å². The van der Waals surface area contributed by atoms with Gasteiger partial charge >= 0.3 is 0 Å². The summed E-state index contributed by atoms with van der Waals surface area (Å²) in [6, 6.07) is -0.576. The highest BCUT2D eigenvalue weighted by Crippen LogP contribution is 2.11. The number of hydrogen-bond acceptors (Lipinski definition) is 3. The van der Waals surface area contributed by atoms with Gasteiger partial charge in [0.25, 0.3) is 0 Å². The summed E-state index contributed by atoms with van der Waals surface area (Å²) in [7, 11) is 0. The highest BCUT2D eigenvalue weighted by molar-refractivity contribution is 5.76. The molecule has 0 spiro atoms. The predicted octanol–water partition coefficient (Wildman–Crippen LogP) is 8.05. The third kappa shape index (κ3) is 25.3. The molecule has 0 fully saturated rings. The molecule has 3 N–H and O–H groups in total. The summed E-state index contributed by atoms with van der Waals surface area (Å²) in [6.45, 7) is 4.11. The summed E-state index contributed by atoms with van der Waals surface area (Å²) < 4.78 is 0. The Morgan fingerprint density at radius 3 is 1.62 bits per heavy atom. The van der Waals surface area contributed by atoms with Crippen molar-refractivity contribution in [3.8, 4) is 0 Å². The molecule has 0 aromatic rings. The molecule has 0 saturated carbocycles. The lowest BCUT2D eigenvalue weighted by Crippen LogP contribution is -2.45. The zero-order valence-electron chi connectivity index (χ0n) is 23.7. The van der Waals surface area contributed by atoms with E-state index in [1.165, 1.54) is 25.7 Å². The van der Waals surface area contributed by atoms with E-state index < -0.39 is 12.1 Å². The maximum absolute atomic E-state index is 12.1. The molecule has 0 aliphatic rings. The van der Waals surface area contributed by atoms with Gasteiger partial charge in [-0.15, -0.1) is 0 Å². The lowest BCUT2D eigenvalue weighted by atomic mass is 10.0. The van der Waals surface area contributed by atoms with Crippen LogP contribution in [-0.2, 0) is 4.79 Å². The van der Waals surface area contributed by atoms with Gasteiger partial charge in [-0.05, 0) is 51.4 Å². The number of unbranched alkanes of at least 4 members (excludes halogenated alkanes) is 5. The number of allylic oxidation sites excluding steroid dienone is 12. The molecule has 0 aromatic heterocycles. The number of hydrogen-bond donors (Lipinski definition) is 3. The van der Waals surface area contributed by atoms with Gasteiger partial charge in [-0.1, -0.05) is 125 Å². The fourth-order valence-corrected chi connectivity index (χ4v) is 3.73. The van der Waals surface area contributed by atoms with E-state index in [0.29, 0.717) is 19.3 Å². The van der Waals surface area contributed by atoms with Gasteiger partial charge in [-0.3, -0.25) is 4.79 Å². The van der Waals surface area contributed by atoms with E-state index in [9.17, 15) is 15.0 Å². The second kappa shape index (κ2) is 28.4. The van der Waals surface area contributed by atoms with Crippen molar-refractivity contribution in [2.75, 3.05) is 6.61 Å². The molecule has 0 saturated heterocycles. The molecule has 1 amide bonds. The van der Waals surface area contributed by atoms with Gasteiger partial charge in [0.1, 0.15) is 0 Å². The average molecular weight is 514 g/mol. The van der Waals surface area contributed by atoms with Gasteiger partial charge in [0.05, 0.1) is 18.8 Å². The quantitative estimate of drug-likeness (QED) is 0.0903. The van der Waals surface area contributed by atoms with Crippen molar-refractivity contribution in [2.45, 2.75) is 122 Å². The zero-order chi connectivity index (χ0) is 27.2. The van der Waals surface area contributed by atoms with E-state index >= 15 is 0 Å². The van der Waals surface area contributed by atoms with Crippen LogP contribution in [0.5, 0.6) is 0 Å². The molecular weight excluding hydrogens is 458 g/mol. The number of carbonyl (C=O) groups is 1. The first-order valence-electron chi connectivity index (χ1n) is 14.6. The first-order chi connectivity index (χ1) is 18.2. The smallest absolute Gasteiger partial charge is 0.220 e. The molecule has 0 aliphatic heterocycles. The van der Waals surface area contributed by atoms with Crippen molar-refractivity contribution in [1.82, 2.24) is 5.32 Å². The standard InChI is InChI=1S/C33H55NO3/c1-3-5-7-9-11-12-13-14-15-16-17-18-19-20-21-22-23-25-27-29-33(37)34-31(30-35)32(36)28-26-24-10-8-6-4-2/h5,7,11-12,14-15,17-18,20-21,23,25,31-32,35-36H,3-4,6,8-10,13,16,19,22,24,26-30H2,1-2H3,(H,34,37)/b7-5-,12-11-,15-14-,18-17-,21-20-,25-23-. The maximum Gasteiger partial charge on any atom is 0.220 e. The third-order valence-electron chi connectivity index (χ3n) is 6.00. The fraction of sp³-hybridized carbons (Fsp3) is 0.606. The molecule has 4 nitrogen and oxygen atoms in total. The van der Waals surface area contributed by atoms with E-state index in [-0.39, 0.29) is 12.5 Å². The van der Waals surface area contributed by atoms with E-state index in [2.05, 4.69) is 86.0 Å². The number of nitrogens with one attached hydrogen (secondary N) is 1. The van der Waals surface area contributed by atoms with Crippen molar-refractivity contribution in [3.63, 3.8) is 0 Å². The van der Waals surface area contributed by atoms with Crippen LogP contribution < -0.4 is 5.32 Å². The lowest BCUT2D eigenvalue weighted by Gasteiger charge is -2.22. The summed E-state index contributed by atoms with van der Waals surface area (Å²) in [5.74, 6) is -0.124. The van der Waals surface area contributed by atoms with Gasteiger partial charge in [0, 0.05) is 6.42 Å².